The Hall–Kier alpha value is -2.29. The molecule has 2 aromatic carbocycles. The van der Waals surface area contributed by atoms with Gasteiger partial charge in [-0.05, 0) is 42.0 Å². The first-order valence-corrected chi connectivity index (χ1v) is 6.89. The van der Waals surface area contributed by atoms with Gasteiger partial charge in [0, 0.05) is 12.2 Å². The molecule has 0 amide bonds. The predicted octanol–water partition coefficient (Wildman–Crippen LogP) is 3.87. The molecule has 0 atom stereocenters. The Morgan fingerprint density at radius 3 is 2.55 bits per heavy atom. The Kier molecular flexibility index (Phi) is 3.42. The van der Waals surface area contributed by atoms with Crippen LogP contribution in [-0.4, -0.2) is 11.1 Å². The minimum Gasteiger partial charge on any atom is -0.478 e. The van der Waals surface area contributed by atoms with E-state index < -0.39 is 5.97 Å². The number of rotatable bonds is 5. The summed E-state index contributed by atoms with van der Waals surface area (Å²) >= 11 is 0. The van der Waals surface area contributed by atoms with Crippen molar-refractivity contribution in [1.82, 2.24) is 0 Å². The second-order valence-corrected chi connectivity index (χ2v) is 5.18. The molecule has 2 aromatic rings. The molecule has 2 N–H and O–H groups in total. The van der Waals surface area contributed by atoms with Crippen molar-refractivity contribution in [2.24, 2.45) is 0 Å². The van der Waals surface area contributed by atoms with Crippen molar-refractivity contribution in [3.8, 4) is 0 Å². The number of anilines is 1. The molecule has 0 bridgehead atoms. The molecule has 1 saturated carbocycles. The summed E-state index contributed by atoms with van der Waals surface area (Å²) in [6.07, 6.45) is 2.53. The van der Waals surface area contributed by atoms with E-state index in [1.165, 1.54) is 24.0 Å². The molecular weight excluding hydrogens is 250 g/mol. The van der Waals surface area contributed by atoms with Crippen LogP contribution in [0.4, 0.5) is 5.69 Å². The van der Waals surface area contributed by atoms with Gasteiger partial charge in [-0.15, -0.1) is 0 Å². The van der Waals surface area contributed by atoms with Gasteiger partial charge in [-0.2, -0.15) is 0 Å². The number of benzene rings is 2. The number of carboxylic acid groups (broad SMARTS) is 1. The van der Waals surface area contributed by atoms with Crippen LogP contribution in [0.1, 0.15) is 40.2 Å². The molecule has 3 rings (SSSR count). The molecule has 0 aromatic heterocycles. The van der Waals surface area contributed by atoms with E-state index in [1.54, 1.807) is 12.1 Å². The number of hydrogen-bond acceptors (Lipinski definition) is 2. The lowest BCUT2D eigenvalue weighted by Crippen LogP contribution is -2.07. The summed E-state index contributed by atoms with van der Waals surface area (Å²) in [5.41, 5.74) is 3.64. The van der Waals surface area contributed by atoms with Crippen LogP contribution in [0, 0.1) is 0 Å². The van der Waals surface area contributed by atoms with Gasteiger partial charge in [-0.25, -0.2) is 4.79 Å². The summed E-state index contributed by atoms with van der Waals surface area (Å²) < 4.78 is 0. The van der Waals surface area contributed by atoms with Gasteiger partial charge < -0.3 is 10.4 Å². The van der Waals surface area contributed by atoms with Crippen LogP contribution < -0.4 is 5.32 Å². The molecule has 3 heteroatoms. The van der Waals surface area contributed by atoms with E-state index in [0.717, 1.165) is 0 Å². The Morgan fingerprint density at radius 1 is 1.10 bits per heavy atom. The monoisotopic (exact) mass is 267 g/mol. The Morgan fingerprint density at radius 2 is 1.80 bits per heavy atom. The summed E-state index contributed by atoms with van der Waals surface area (Å²) in [5, 5.41) is 12.4. The molecule has 0 radical (unpaired) electrons. The smallest absolute Gasteiger partial charge is 0.337 e. The minimum atomic E-state index is -0.899. The quantitative estimate of drug-likeness (QED) is 0.864. The number of hydrogen-bond donors (Lipinski definition) is 2. The first-order valence-electron chi connectivity index (χ1n) is 6.89. The largest absolute Gasteiger partial charge is 0.478 e. The fraction of sp³-hybridized carbons (Fsp3) is 0.235. The summed E-state index contributed by atoms with van der Waals surface area (Å²) in [5.74, 6) is -0.203. The summed E-state index contributed by atoms with van der Waals surface area (Å²) in [6, 6.07) is 15.4. The lowest BCUT2D eigenvalue weighted by atomic mass is 10.0. The fourth-order valence-corrected chi connectivity index (χ4v) is 2.50. The van der Waals surface area contributed by atoms with Crippen LogP contribution in [0.15, 0.2) is 48.5 Å². The molecule has 0 aliphatic heterocycles. The molecule has 0 spiro atoms. The summed E-state index contributed by atoms with van der Waals surface area (Å²) in [6.45, 7) is 0.664. The van der Waals surface area contributed by atoms with Crippen LogP contribution in [0.25, 0.3) is 0 Å². The van der Waals surface area contributed by atoms with Crippen molar-refractivity contribution < 1.29 is 9.90 Å². The van der Waals surface area contributed by atoms with Gasteiger partial charge >= 0.3 is 5.97 Å². The zero-order valence-electron chi connectivity index (χ0n) is 11.2. The number of carboxylic acids is 1. The molecular formula is C17H17NO2. The Bertz CT molecular complexity index is 632. The highest BCUT2D eigenvalue weighted by Crippen LogP contribution is 2.41. The van der Waals surface area contributed by atoms with E-state index in [0.29, 0.717) is 23.7 Å². The number of aromatic carboxylic acids is 1. The maximum absolute atomic E-state index is 11.2. The molecule has 1 aliphatic carbocycles. The third kappa shape index (κ3) is 2.67. The molecule has 102 valence electrons. The van der Waals surface area contributed by atoms with Gasteiger partial charge in [0.05, 0.1) is 5.56 Å². The maximum Gasteiger partial charge on any atom is 0.337 e. The lowest BCUT2D eigenvalue weighted by Gasteiger charge is -2.12. The molecule has 0 heterocycles. The first kappa shape index (κ1) is 12.7. The van der Waals surface area contributed by atoms with Crippen LogP contribution in [0.3, 0.4) is 0 Å². The second-order valence-electron chi connectivity index (χ2n) is 5.18. The molecule has 3 nitrogen and oxygen atoms in total. The predicted molar refractivity (Wildman–Crippen MR) is 79.1 cm³/mol. The summed E-state index contributed by atoms with van der Waals surface area (Å²) in [7, 11) is 0. The zero-order valence-corrected chi connectivity index (χ0v) is 11.2. The highest BCUT2D eigenvalue weighted by atomic mass is 16.4. The molecule has 20 heavy (non-hydrogen) atoms. The maximum atomic E-state index is 11.2. The molecule has 0 saturated heterocycles. The molecule has 1 aliphatic rings. The normalized spacial score (nSPS) is 14.0. The average molecular weight is 267 g/mol. The topological polar surface area (TPSA) is 49.3 Å². The summed E-state index contributed by atoms with van der Waals surface area (Å²) in [4.78, 5) is 11.2. The third-order valence-electron chi connectivity index (χ3n) is 3.70. The third-order valence-corrected chi connectivity index (χ3v) is 3.70. The Balaban J connectivity index is 1.79. The van der Waals surface area contributed by atoms with Crippen molar-refractivity contribution in [3.05, 3.63) is 65.2 Å². The van der Waals surface area contributed by atoms with Gasteiger partial charge in [-0.3, -0.25) is 0 Å². The zero-order chi connectivity index (χ0) is 13.9. The highest BCUT2D eigenvalue weighted by molar-refractivity contribution is 5.94. The average Bonchev–Trinajstić information content (AvgIpc) is 3.30. The lowest BCUT2D eigenvalue weighted by molar-refractivity contribution is 0.0698. The number of nitrogens with one attached hydrogen (secondary N) is 1. The van der Waals surface area contributed by atoms with Crippen molar-refractivity contribution in [3.63, 3.8) is 0 Å². The SMILES string of the molecule is O=C(O)c1ccccc1NCc1ccccc1C1CC1. The van der Waals surface area contributed by atoms with Crippen LogP contribution in [0.2, 0.25) is 0 Å². The second kappa shape index (κ2) is 5.37. The van der Waals surface area contributed by atoms with Gasteiger partial charge in [0.15, 0.2) is 0 Å². The molecule has 1 fully saturated rings. The highest BCUT2D eigenvalue weighted by Gasteiger charge is 2.25. The van der Waals surface area contributed by atoms with Crippen molar-refractivity contribution in [2.45, 2.75) is 25.3 Å². The first-order chi connectivity index (χ1) is 9.75. The van der Waals surface area contributed by atoms with Gasteiger partial charge in [0.1, 0.15) is 0 Å². The number of carbonyl (C=O) groups is 1. The fourth-order valence-electron chi connectivity index (χ4n) is 2.50. The van der Waals surface area contributed by atoms with E-state index in [2.05, 4.69) is 23.5 Å². The van der Waals surface area contributed by atoms with Crippen LogP contribution >= 0.6 is 0 Å². The minimum absolute atomic E-state index is 0.316. The van der Waals surface area contributed by atoms with Crippen molar-refractivity contribution in [2.75, 3.05) is 5.32 Å². The van der Waals surface area contributed by atoms with Gasteiger partial charge in [0.25, 0.3) is 0 Å². The van der Waals surface area contributed by atoms with Crippen molar-refractivity contribution in [1.29, 1.82) is 0 Å². The van der Waals surface area contributed by atoms with E-state index >= 15 is 0 Å². The van der Waals surface area contributed by atoms with E-state index in [4.69, 9.17) is 0 Å². The molecule has 0 unspecified atom stereocenters. The van der Waals surface area contributed by atoms with E-state index in [-0.39, 0.29) is 0 Å². The van der Waals surface area contributed by atoms with Crippen LogP contribution in [0.5, 0.6) is 0 Å². The standard InChI is InChI=1S/C17H17NO2/c19-17(20)15-7-3-4-8-16(15)18-11-13-5-1-2-6-14(13)12-9-10-12/h1-8,12,18H,9-11H2,(H,19,20). The van der Waals surface area contributed by atoms with Gasteiger partial charge in [0.2, 0.25) is 0 Å². The van der Waals surface area contributed by atoms with Crippen molar-refractivity contribution >= 4 is 11.7 Å². The van der Waals surface area contributed by atoms with Gasteiger partial charge in [-0.1, -0.05) is 36.4 Å². The van der Waals surface area contributed by atoms with E-state index in [9.17, 15) is 9.90 Å². The van der Waals surface area contributed by atoms with Crippen LogP contribution in [-0.2, 0) is 6.54 Å². The van der Waals surface area contributed by atoms with E-state index in [1.807, 2.05) is 18.2 Å². The number of para-hydroxylation sites is 1. The Labute approximate surface area is 118 Å².